The van der Waals surface area contributed by atoms with Crippen molar-refractivity contribution >= 4 is 41.8 Å². The molecular weight excluding hydrogens is 505 g/mol. The molecule has 170 valence electrons. The Kier molecular flexibility index (Phi) is 8.18. The van der Waals surface area contributed by atoms with Crippen LogP contribution in [0.4, 0.5) is 0 Å². The van der Waals surface area contributed by atoms with Gasteiger partial charge in [-0.25, -0.2) is 4.99 Å². The Labute approximate surface area is 202 Å². The minimum absolute atomic E-state index is 0. The molecule has 1 saturated heterocycles. The van der Waals surface area contributed by atoms with Gasteiger partial charge in [-0.15, -0.1) is 24.0 Å². The molecule has 2 fully saturated rings. The number of rotatable bonds is 6. The van der Waals surface area contributed by atoms with Crippen molar-refractivity contribution in [2.75, 3.05) is 33.7 Å². The van der Waals surface area contributed by atoms with Gasteiger partial charge in [0.05, 0.1) is 0 Å². The van der Waals surface area contributed by atoms with E-state index in [9.17, 15) is 9.59 Å². The van der Waals surface area contributed by atoms with Crippen LogP contribution in [-0.4, -0.2) is 73.4 Å². The van der Waals surface area contributed by atoms with Gasteiger partial charge in [-0.05, 0) is 43.2 Å². The first kappa shape index (κ1) is 23.8. The fraction of sp³-hybridized carbons (Fsp3) is 0.609. The number of nitrogens with zero attached hydrogens (tertiary/aromatic N) is 3. The second-order valence-electron chi connectivity index (χ2n) is 9.03. The SMILES string of the molecule is CN(C)C(=O)CN=C(NCC1CC(=O)N(C2CC2)C1)NC1CCc2ccccc2C1.I. The standard InChI is InChI=1S/C23H33N5O2.HI/c1-27(2)22(30)14-25-23(24-13-16-11-21(29)28(15-16)20-9-10-20)26-19-8-7-17-5-3-4-6-18(17)12-19;/h3-6,16,19-20H,7-15H2,1-2H3,(H2,24,25,26);1H. The molecule has 1 heterocycles. The number of aliphatic imine (C=N–C) groups is 1. The lowest BCUT2D eigenvalue weighted by atomic mass is 9.88. The monoisotopic (exact) mass is 539 g/mol. The van der Waals surface area contributed by atoms with Crippen LogP contribution in [0.25, 0.3) is 0 Å². The Morgan fingerprint density at radius 2 is 1.90 bits per heavy atom. The molecule has 0 spiro atoms. The Bertz CT molecular complexity index is 824. The lowest BCUT2D eigenvalue weighted by molar-refractivity contribution is -0.128. The second kappa shape index (κ2) is 10.7. The van der Waals surface area contributed by atoms with E-state index in [0.29, 0.717) is 30.9 Å². The molecule has 31 heavy (non-hydrogen) atoms. The van der Waals surface area contributed by atoms with Gasteiger partial charge in [0, 0.05) is 51.6 Å². The highest BCUT2D eigenvalue weighted by Gasteiger charge is 2.39. The first-order valence-electron chi connectivity index (χ1n) is 11.1. The van der Waals surface area contributed by atoms with Gasteiger partial charge in [0.25, 0.3) is 0 Å². The van der Waals surface area contributed by atoms with Gasteiger partial charge in [0.15, 0.2) is 5.96 Å². The number of aryl methyl sites for hydroxylation is 1. The summed E-state index contributed by atoms with van der Waals surface area (Å²) in [4.78, 5) is 32.4. The largest absolute Gasteiger partial charge is 0.356 e. The highest BCUT2D eigenvalue weighted by molar-refractivity contribution is 14.0. The van der Waals surface area contributed by atoms with E-state index in [1.165, 1.54) is 11.1 Å². The van der Waals surface area contributed by atoms with Crippen molar-refractivity contribution in [1.82, 2.24) is 20.4 Å². The molecule has 2 atom stereocenters. The lowest BCUT2D eigenvalue weighted by Crippen LogP contribution is -2.47. The fourth-order valence-corrected chi connectivity index (χ4v) is 4.38. The number of nitrogens with one attached hydrogen (secondary N) is 2. The number of fused-ring (bicyclic) bond motifs is 1. The van der Waals surface area contributed by atoms with Gasteiger partial charge in [0.2, 0.25) is 11.8 Å². The van der Waals surface area contributed by atoms with Gasteiger partial charge >= 0.3 is 0 Å². The van der Waals surface area contributed by atoms with Gasteiger partial charge in [-0.2, -0.15) is 0 Å². The number of halogens is 1. The average molecular weight is 539 g/mol. The molecule has 1 aromatic carbocycles. The third-order valence-corrected chi connectivity index (χ3v) is 6.34. The average Bonchev–Trinajstić information content (AvgIpc) is 3.51. The predicted molar refractivity (Wildman–Crippen MR) is 133 cm³/mol. The van der Waals surface area contributed by atoms with E-state index in [2.05, 4.69) is 39.9 Å². The van der Waals surface area contributed by atoms with Crippen LogP contribution in [0.1, 0.15) is 36.8 Å². The third kappa shape index (κ3) is 6.33. The Morgan fingerprint density at radius 3 is 2.61 bits per heavy atom. The second-order valence-corrected chi connectivity index (χ2v) is 9.03. The molecule has 0 aromatic heterocycles. The van der Waals surface area contributed by atoms with Crippen molar-refractivity contribution < 1.29 is 9.59 Å². The summed E-state index contributed by atoms with van der Waals surface area (Å²) in [6.45, 7) is 1.64. The zero-order valence-corrected chi connectivity index (χ0v) is 20.8. The molecule has 2 amide bonds. The number of likely N-dealkylation sites (N-methyl/N-ethyl adjacent to an activating group) is 1. The molecule has 0 radical (unpaired) electrons. The molecule has 3 aliphatic rings. The summed E-state index contributed by atoms with van der Waals surface area (Å²) in [5.74, 6) is 1.22. The summed E-state index contributed by atoms with van der Waals surface area (Å²) in [6, 6.07) is 9.36. The number of carbonyl (C=O) groups is 2. The van der Waals surface area contributed by atoms with E-state index >= 15 is 0 Å². The Morgan fingerprint density at radius 1 is 1.16 bits per heavy atom. The molecule has 4 rings (SSSR count). The summed E-state index contributed by atoms with van der Waals surface area (Å²) < 4.78 is 0. The molecule has 2 unspecified atom stereocenters. The smallest absolute Gasteiger partial charge is 0.243 e. The van der Waals surface area contributed by atoms with Crippen LogP contribution >= 0.6 is 24.0 Å². The summed E-state index contributed by atoms with van der Waals surface area (Å²) >= 11 is 0. The number of benzene rings is 1. The van der Waals surface area contributed by atoms with Crippen LogP contribution in [0.3, 0.4) is 0 Å². The number of likely N-dealkylation sites (tertiary alicyclic amines) is 1. The van der Waals surface area contributed by atoms with E-state index in [1.54, 1.807) is 19.0 Å². The van der Waals surface area contributed by atoms with Crippen molar-refractivity contribution in [1.29, 1.82) is 0 Å². The maximum absolute atomic E-state index is 12.2. The van der Waals surface area contributed by atoms with E-state index < -0.39 is 0 Å². The predicted octanol–water partition coefficient (Wildman–Crippen LogP) is 1.80. The van der Waals surface area contributed by atoms with Crippen LogP contribution in [-0.2, 0) is 22.4 Å². The number of hydrogen-bond donors (Lipinski definition) is 2. The molecule has 1 aromatic rings. The molecule has 1 aliphatic heterocycles. The minimum Gasteiger partial charge on any atom is -0.356 e. The Hall–Kier alpha value is -1.84. The molecule has 2 aliphatic carbocycles. The zero-order valence-electron chi connectivity index (χ0n) is 18.5. The first-order chi connectivity index (χ1) is 14.5. The van der Waals surface area contributed by atoms with Crippen molar-refractivity contribution in [2.24, 2.45) is 10.9 Å². The Balaban J connectivity index is 0.00000272. The number of amides is 2. The molecule has 8 heteroatoms. The maximum atomic E-state index is 12.2. The van der Waals surface area contributed by atoms with Gasteiger partial charge in [0.1, 0.15) is 6.54 Å². The van der Waals surface area contributed by atoms with E-state index in [0.717, 1.165) is 38.6 Å². The summed E-state index contributed by atoms with van der Waals surface area (Å²) in [6.07, 6.45) is 5.94. The quantitative estimate of drug-likeness (QED) is 0.329. The molecular formula is C23H34IN5O2. The zero-order chi connectivity index (χ0) is 21.1. The number of carbonyl (C=O) groups excluding carboxylic acids is 2. The fourth-order valence-electron chi connectivity index (χ4n) is 4.38. The van der Waals surface area contributed by atoms with Gasteiger partial charge in [-0.1, -0.05) is 24.3 Å². The van der Waals surface area contributed by atoms with Crippen LogP contribution in [0, 0.1) is 5.92 Å². The van der Waals surface area contributed by atoms with Crippen molar-refractivity contribution in [3.63, 3.8) is 0 Å². The van der Waals surface area contributed by atoms with Gasteiger partial charge in [-0.3, -0.25) is 9.59 Å². The van der Waals surface area contributed by atoms with Crippen molar-refractivity contribution in [3.8, 4) is 0 Å². The van der Waals surface area contributed by atoms with E-state index in [4.69, 9.17) is 0 Å². The van der Waals surface area contributed by atoms with Crippen LogP contribution in [0.15, 0.2) is 29.3 Å². The van der Waals surface area contributed by atoms with Crippen LogP contribution in [0.2, 0.25) is 0 Å². The first-order valence-corrected chi connectivity index (χ1v) is 11.1. The summed E-state index contributed by atoms with van der Waals surface area (Å²) in [7, 11) is 3.49. The van der Waals surface area contributed by atoms with E-state index in [1.807, 2.05) is 4.90 Å². The molecule has 2 N–H and O–H groups in total. The molecule has 1 saturated carbocycles. The van der Waals surface area contributed by atoms with Crippen molar-refractivity contribution in [2.45, 2.75) is 50.6 Å². The number of guanidine groups is 1. The lowest BCUT2D eigenvalue weighted by Gasteiger charge is -2.27. The van der Waals surface area contributed by atoms with Crippen molar-refractivity contribution in [3.05, 3.63) is 35.4 Å². The molecule has 7 nitrogen and oxygen atoms in total. The summed E-state index contributed by atoms with van der Waals surface area (Å²) in [5.41, 5.74) is 2.81. The highest BCUT2D eigenvalue weighted by atomic mass is 127. The topological polar surface area (TPSA) is 77.0 Å². The molecule has 0 bridgehead atoms. The van der Waals surface area contributed by atoms with Crippen LogP contribution in [0.5, 0.6) is 0 Å². The van der Waals surface area contributed by atoms with Crippen LogP contribution < -0.4 is 10.6 Å². The third-order valence-electron chi connectivity index (χ3n) is 6.34. The maximum Gasteiger partial charge on any atom is 0.243 e. The number of hydrogen-bond acceptors (Lipinski definition) is 3. The van der Waals surface area contributed by atoms with Gasteiger partial charge < -0.3 is 20.4 Å². The summed E-state index contributed by atoms with van der Waals surface area (Å²) in [5, 5.41) is 6.96. The van der Waals surface area contributed by atoms with E-state index in [-0.39, 0.29) is 48.4 Å². The normalized spacial score (nSPS) is 23.1. The minimum atomic E-state index is -0.0268. The highest BCUT2D eigenvalue weighted by Crippen LogP contribution is 2.32.